The van der Waals surface area contributed by atoms with Gasteiger partial charge in [0, 0.05) is 0 Å². The van der Waals surface area contributed by atoms with Crippen LogP contribution in [0.3, 0.4) is 0 Å². The summed E-state index contributed by atoms with van der Waals surface area (Å²) in [4.78, 5) is 29.9. The first-order chi connectivity index (χ1) is 12.2. The van der Waals surface area contributed by atoms with Crippen molar-refractivity contribution in [3.05, 3.63) is 36.4 Å². The Morgan fingerprint density at radius 1 is 1.36 bits per heavy atom. The summed E-state index contributed by atoms with van der Waals surface area (Å²) in [5.74, 6) is -0.904. The average molecular weight is 339 g/mol. The van der Waals surface area contributed by atoms with Crippen LogP contribution in [0.25, 0.3) is 11.0 Å². The number of allylic oxidation sites excluding steroid dienone is 2. The van der Waals surface area contributed by atoms with E-state index in [1.54, 1.807) is 6.92 Å². The molecule has 1 aliphatic heterocycles. The molecule has 3 atom stereocenters. The fourth-order valence-electron chi connectivity index (χ4n) is 4.02. The number of para-hydroxylation sites is 2. The van der Waals surface area contributed by atoms with Crippen molar-refractivity contribution in [1.29, 1.82) is 0 Å². The highest BCUT2D eigenvalue weighted by Crippen LogP contribution is 2.42. The van der Waals surface area contributed by atoms with Crippen molar-refractivity contribution in [2.45, 2.75) is 32.2 Å². The summed E-state index contributed by atoms with van der Waals surface area (Å²) >= 11 is 0. The number of ether oxygens (including phenoxy) is 1. The lowest BCUT2D eigenvalue weighted by Crippen LogP contribution is -2.45. The van der Waals surface area contributed by atoms with E-state index in [4.69, 9.17) is 4.74 Å². The maximum atomic E-state index is 12.7. The molecular formula is C19H21N3O3. The lowest BCUT2D eigenvalue weighted by Gasteiger charge is -2.37. The van der Waals surface area contributed by atoms with Gasteiger partial charge in [-0.15, -0.1) is 0 Å². The largest absolute Gasteiger partial charge is 0.465 e. The van der Waals surface area contributed by atoms with E-state index in [1.165, 1.54) is 0 Å². The van der Waals surface area contributed by atoms with Crippen LogP contribution < -0.4 is 5.32 Å². The van der Waals surface area contributed by atoms with Crippen molar-refractivity contribution in [2.24, 2.45) is 11.8 Å². The quantitative estimate of drug-likeness (QED) is 0.530. The van der Waals surface area contributed by atoms with Crippen LogP contribution in [0.4, 0.5) is 5.95 Å². The number of carbonyl (C=O) groups excluding carboxylic acids is 2. The molecule has 1 amide bonds. The van der Waals surface area contributed by atoms with Crippen LogP contribution in [0, 0.1) is 11.8 Å². The highest BCUT2D eigenvalue weighted by molar-refractivity contribution is 6.06. The third-order valence-corrected chi connectivity index (χ3v) is 5.09. The lowest BCUT2D eigenvalue weighted by molar-refractivity contribution is -0.154. The Kier molecular flexibility index (Phi) is 4.03. The zero-order valence-corrected chi connectivity index (χ0v) is 14.1. The molecule has 2 heterocycles. The van der Waals surface area contributed by atoms with Crippen LogP contribution in [-0.2, 0) is 14.3 Å². The number of aromatic nitrogens is 2. The van der Waals surface area contributed by atoms with Crippen LogP contribution in [0.5, 0.6) is 0 Å². The van der Waals surface area contributed by atoms with Gasteiger partial charge < -0.3 is 9.30 Å². The number of rotatable bonds is 3. The highest BCUT2D eigenvalue weighted by atomic mass is 16.5. The summed E-state index contributed by atoms with van der Waals surface area (Å²) in [7, 11) is 0. The Labute approximate surface area is 145 Å². The molecule has 0 fully saturated rings. The monoisotopic (exact) mass is 339 g/mol. The van der Waals surface area contributed by atoms with Crippen molar-refractivity contribution in [2.75, 3.05) is 11.9 Å². The lowest BCUT2D eigenvalue weighted by atomic mass is 9.79. The third-order valence-electron chi connectivity index (χ3n) is 5.09. The molecule has 0 bridgehead atoms. The van der Waals surface area contributed by atoms with Crippen molar-refractivity contribution in [1.82, 2.24) is 9.55 Å². The Morgan fingerprint density at radius 3 is 2.96 bits per heavy atom. The molecule has 0 radical (unpaired) electrons. The van der Waals surface area contributed by atoms with E-state index in [0.717, 1.165) is 30.3 Å². The molecule has 0 saturated heterocycles. The predicted octanol–water partition coefficient (Wildman–Crippen LogP) is 3.07. The first kappa shape index (κ1) is 15.9. The zero-order chi connectivity index (χ0) is 17.4. The summed E-state index contributed by atoms with van der Waals surface area (Å²) in [5.41, 5.74) is 1.75. The maximum Gasteiger partial charge on any atom is 0.320 e. The minimum atomic E-state index is -0.846. The molecule has 1 aromatic carbocycles. The van der Waals surface area contributed by atoms with Crippen molar-refractivity contribution in [3.8, 4) is 0 Å². The van der Waals surface area contributed by atoms with E-state index in [-0.39, 0.29) is 24.5 Å². The Balaban J connectivity index is 1.87. The highest BCUT2D eigenvalue weighted by Gasteiger charge is 2.46. The number of imidazole rings is 1. The third kappa shape index (κ3) is 2.62. The van der Waals surface area contributed by atoms with E-state index in [9.17, 15) is 9.59 Å². The van der Waals surface area contributed by atoms with Crippen LogP contribution >= 0.6 is 0 Å². The minimum Gasteiger partial charge on any atom is -0.465 e. The second kappa shape index (κ2) is 6.35. The van der Waals surface area contributed by atoms with E-state index in [0.29, 0.717) is 5.95 Å². The van der Waals surface area contributed by atoms with Gasteiger partial charge in [0.05, 0.1) is 23.7 Å². The number of fused-ring (bicyclic) bond motifs is 3. The number of esters is 1. The molecule has 0 spiro atoms. The van der Waals surface area contributed by atoms with E-state index in [1.807, 2.05) is 28.8 Å². The Bertz CT molecular complexity index is 855. The van der Waals surface area contributed by atoms with Gasteiger partial charge in [0.15, 0.2) is 5.92 Å². The number of nitrogens with one attached hydrogen (secondary N) is 1. The van der Waals surface area contributed by atoms with Crippen LogP contribution in [-0.4, -0.2) is 28.0 Å². The molecule has 0 unspecified atom stereocenters. The summed E-state index contributed by atoms with van der Waals surface area (Å²) < 4.78 is 7.25. The summed E-state index contributed by atoms with van der Waals surface area (Å²) in [5, 5.41) is 2.80. The van der Waals surface area contributed by atoms with Crippen LogP contribution in [0.2, 0.25) is 0 Å². The molecule has 0 saturated carbocycles. The summed E-state index contributed by atoms with van der Waals surface area (Å²) in [6.07, 6.45) is 7.05. The number of amides is 1. The number of anilines is 1. The fourth-order valence-corrected chi connectivity index (χ4v) is 4.02. The second-order valence-corrected chi connectivity index (χ2v) is 6.55. The number of benzene rings is 1. The second-order valence-electron chi connectivity index (χ2n) is 6.55. The van der Waals surface area contributed by atoms with Crippen molar-refractivity contribution < 1.29 is 14.3 Å². The zero-order valence-electron chi connectivity index (χ0n) is 14.1. The number of hydrogen-bond acceptors (Lipinski definition) is 4. The molecule has 25 heavy (non-hydrogen) atoms. The van der Waals surface area contributed by atoms with Gasteiger partial charge in [0.2, 0.25) is 11.9 Å². The van der Waals surface area contributed by atoms with Gasteiger partial charge in [-0.3, -0.25) is 14.9 Å². The fraction of sp³-hybridized carbons (Fsp3) is 0.421. The van der Waals surface area contributed by atoms with E-state index < -0.39 is 11.9 Å². The molecule has 1 aromatic heterocycles. The molecule has 2 aromatic rings. The summed E-state index contributed by atoms with van der Waals surface area (Å²) in [6.45, 7) is 2.02. The summed E-state index contributed by atoms with van der Waals surface area (Å²) in [6, 6.07) is 7.50. The standard InChI is InChI=1S/C19H21N3O3/c1-2-25-18(24)15-16(12-8-4-3-5-9-12)22-14-11-7-6-10-13(14)20-19(22)21-17(15)23/h3-4,6-7,10-12,15-16H,2,5,8-9H2,1H3,(H,20,21,23)/t12-,15-,16-/m1/s1. The molecule has 6 heteroatoms. The van der Waals surface area contributed by atoms with Gasteiger partial charge in [-0.05, 0) is 44.2 Å². The minimum absolute atomic E-state index is 0.196. The first-order valence-corrected chi connectivity index (χ1v) is 8.80. The predicted molar refractivity (Wildman–Crippen MR) is 94.0 cm³/mol. The Hall–Kier alpha value is -2.63. The van der Waals surface area contributed by atoms with Gasteiger partial charge in [-0.25, -0.2) is 4.98 Å². The number of nitrogens with zero attached hydrogens (tertiary/aromatic N) is 2. The average Bonchev–Trinajstić information content (AvgIpc) is 2.99. The topological polar surface area (TPSA) is 73.2 Å². The molecular weight excluding hydrogens is 318 g/mol. The van der Waals surface area contributed by atoms with Gasteiger partial charge in [-0.1, -0.05) is 24.3 Å². The van der Waals surface area contributed by atoms with Gasteiger partial charge in [0.1, 0.15) is 0 Å². The molecule has 1 N–H and O–H groups in total. The number of carbonyl (C=O) groups is 2. The van der Waals surface area contributed by atoms with Crippen molar-refractivity contribution in [3.63, 3.8) is 0 Å². The first-order valence-electron chi connectivity index (χ1n) is 8.80. The van der Waals surface area contributed by atoms with Gasteiger partial charge in [0.25, 0.3) is 0 Å². The molecule has 1 aliphatic carbocycles. The van der Waals surface area contributed by atoms with E-state index >= 15 is 0 Å². The number of hydrogen-bond donors (Lipinski definition) is 1. The molecule has 4 rings (SSSR count). The van der Waals surface area contributed by atoms with E-state index in [2.05, 4.69) is 22.5 Å². The van der Waals surface area contributed by atoms with Crippen LogP contribution in [0.1, 0.15) is 32.2 Å². The maximum absolute atomic E-state index is 12.7. The molecule has 130 valence electrons. The van der Waals surface area contributed by atoms with Crippen LogP contribution in [0.15, 0.2) is 36.4 Å². The molecule has 6 nitrogen and oxygen atoms in total. The SMILES string of the molecule is CCOC(=O)[C@H]1C(=O)Nc2nc3ccccc3n2[C@@H]1[C@@H]1CC=CCC1. The normalized spacial score (nSPS) is 25.5. The van der Waals surface area contributed by atoms with Gasteiger partial charge in [-0.2, -0.15) is 0 Å². The molecule has 2 aliphatic rings. The van der Waals surface area contributed by atoms with Crippen molar-refractivity contribution >= 4 is 28.9 Å². The Morgan fingerprint density at radius 2 is 2.20 bits per heavy atom. The smallest absolute Gasteiger partial charge is 0.320 e. The van der Waals surface area contributed by atoms with Gasteiger partial charge >= 0.3 is 5.97 Å².